The largest absolute Gasteiger partial charge is 0.353 e. The third-order valence-corrected chi connectivity index (χ3v) is 4.36. The number of aromatic nitrogens is 4. The summed E-state index contributed by atoms with van der Waals surface area (Å²) in [7, 11) is 0. The van der Waals surface area contributed by atoms with Crippen LogP contribution in [0, 0.1) is 5.82 Å². The quantitative estimate of drug-likeness (QED) is 0.901. The van der Waals surface area contributed by atoms with E-state index in [0.29, 0.717) is 26.2 Å². The van der Waals surface area contributed by atoms with Crippen LogP contribution in [0.25, 0.3) is 0 Å². The number of nitrogens with one attached hydrogen (secondary N) is 1. The van der Waals surface area contributed by atoms with Gasteiger partial charge in [0.1, 0.15) is 18.0 Å². The average molecular weight is 347 g/mol. The zero-order chi connectivity index (χ0) is 17.8. The number of pyridine rings is 1. The van der Waals surface area contributed by atoms with Gasteiger partial charge in [0, 0.05) is 32.2 Å². The normalized spacial score (nSPS) is 17.6. The summed E-state index contributed by atoms with van der Waals surface area (Å²) in [6, 6.07) is 2.96. The second kappa shape index (κ2) is 7.45. The van der Waals surface area contributed by atoms with E-state index in [2.05, 4.69) is 25.4 Å². The summed E-state index contributed by atoms with van der Waals surface area (Å²) < 4.78 is 14.9. The van der Waals surface area contributed by atoms with Crippen LogP contribution in [-0.4, -0.2) is 56.4 Å². The number of hydrogen-bond donors (Lipinski definition) is 1. The molecular formula is C16H22FN7O. The lowest BCUT2D eigenvalue weighted by molar-refractivity contribution is 0.170. The molecule has 1 atom stereocenters. The molecule has 2 amide bonds. The minimum Gasteiger partial charge on any atom is -0.353 e. The minimum absolute atomic E-state index is 0.0182. The Morgan fingerprint density at radius 1 is 1.40 bits per heavy atom. The number of urea groups is 1. The van der Waals surface area contributed by atoms with Crippen molar-refractivity contribution in [1.82, 2.24) is 30.0 Å². The van der Waals surface area contributed by atoms with E-state index in [-0.39, 0.29) is 17.9 Å². The number of amides is 2. The molecule has 0 aromatic carbocycles. The number of carbonyl (C=O) groups excluding carboxylic acids is 1. The van der Waals surface area contributed by atoms with Crippen molar-refractivity contribution < 1.29 is 9.18 Å². The molecule has 25 heavy (non-hydrogen) atoms. The maximum absolute atomic E-state index is 13.0. The van der Waals surface area contributed by atoms with Crippen molar-refractivity contribution in [3.05, 3.63) is 36.3 Å². The van der Waals surface area contributed by atoms with Gasteiger partial charge in [-0.05, 0) is 26.0 Å². The molecule has 0 radical (unpaired) electrons. The van der Waals surface area contributed by atoms with Crippen LogP contribution in [-0.2, 0) is 13.1 Å². The number of aryl methyl sites for hydroxylation is 1. The monoisotopic (exact) mass is 347 g/mol. The maximum Gasteiger partial charge on any atom is 0.318 e. The molecule has 0 bridgehead atoms. The van der Waals surface area contributed by atoms with Crippen molar-refractivity contribution in [2.45, 2.75) is 33.0 Å². The molecule has 1 fully saturated rings. The maximum atomic E-state index is 13.0. The van der Waals surface area contributed by atoms with Crippen molar-refractivity contribution in [3.8, 4) is 0 Å². The Labute approximate surface area is 145 Å². The smallest absolute Gasteiger partial charge is 0.318 e. The zero-order valence-corrected chi connectivity index (χ0v) is 14.4. The fourth-order valence-electron chi connectivity index (χ4n) is 2.96. The van der Waals surface area contributed by atoms with Crippen LogP contribution < -0.4 is 10.2 Å². The van der Waals surface area contributed by atoms with Gasteiger partial charge in [-0.15, -0.1) is 10.2 Å². The van der Waals surface area contributed by atoms with E-state index in [0.717, 1.165) is 18.2 Å². The Kier molecular flexibility index (Phi) is 5.11. The molecular weight excluding hydrogens is 325 g/mol. The van der Waals surface area contributed by atoms with Crippen molar-refractivity contribution in [3.63, 3.8) is 0 Å². The first-order valence-corrected chi connectivity index (χ1v) is 8.36. The Morgan fingerprint density at radius 2 is 2.24 bits per heavy atom. The van der Waals surface area contributed by atoms with Crippen LogP contribution in [0.2, 0.25) is 0 Å². The van der Waals surface area contributed by atoms with Gasteiger partial charge in [-0.3, -0.25) is 0 Å². The highest BCUT2D eigenvalue weighted by atomic mass is 19.1. The Hall–Kier alpha value is -2.71. The van der Waals surface area contributed by atoms with E-state index in [4.69, 9.17) is 0 Å². The minimum atomic E-state index is -0.352. The molecule has 1 aliphatic rings. The van der Waals surface area contributed by atoms with E-state index in [1.807, 2.05) is 18.4 Å². The molecule has 3 heterocycles. The van der Waals surface area contributed by atoms with Crippen LogP contribution in [0.3, 0.4) is 0 Å². The van der Waals surface area contributed by atoms with Gasteiger partial charge in [0.05, 0.1) is 12.7 Å². The molecule has 2 aromatic heterocycles. The highest BCUT2D eigenvalue weighted by Gasteiger charge is 2.28. The number of carbonyl (C=O) groups is 1. The lowest BCUT2D eigenvalue weighted by Crippen LogP contribution is -2.56. The van der Waals surface area contributed by atoms with Gasteiger partial charge in [-0.1, -0.05) is 0 Å². The highest BCUT2D eigenvalue weighted by Crippen LogP contribution is 2.17. The summed E-state index contributed by atoms with van der Waals surface area (Å²) in [5.74, 6) is 1.11. The standard InChI is InChI=1S/C16H22FN7O/c1-3-22-11-20-21-15(22)9-19-16(25)24-7-6-23(10-12(24)2)14-5-4-13(17)8-18-14/h4-5,8,11-12H,3,6-7,9-10H2,1-2H3,(H,19,25). The summed E-state index contributed by atoms with van der Waals surface area (Å²) in [6.07, 6.45) is 2.86. The van der Waals surface area contributed by atoms with Crippen molar-refractivity contribution in [2.24, 2.45) is 0 Å². The molecule has 134 valence electrons. The summed E-state index contributed by atoms with van der Waals surface area (Å²) >= 11 is 0. The third kappa shape index (κ3) is 3.86. The SMILES string of the molecule is CCn1cnnc1CNC(=O)N1CCN(c2ccc(F)cn2)CC1C. The van der Waals surface area contributed by atoms with Crippen LogP contribution in [0.5, 0.6) is 0 Å². The molecule has 1 N–H and O–H groups in total. The van der Waals surface area contributed by atoms with Crippen molar-refractivity contribution in [2.75, 3.05) is 24.5 Å². The fourth-order valence-corrected chi connectivity index (χ4v) is 2.96. The lowest BCUT2D eigenvalue weighted by Gasteiger charge is -2.40. The predicted molar refractivity (Wildman–Crippen MR) is 90.5 cm³/mol. The predicted octanol–water partition coefficient (Wildman–Crippen LogP) is 1.25. The first kappa shape index (κ1) is 17.1. The van der Waals surface area contributed by atoms with Gasteiger partial charge < -0.3 is 19.7 Å². The lowest BCUT2D eigenvalue weighted by atomic mass is 10.2. The number of halogens is 1. The number of piperazine rings is 1. The number of anilines is 1. The molecule has 1 aliphatic heterocycles. The van der Waals surface area contributed by atoms with Crippen LogP contribution in [0.15, 0.2) is 24.7 Å². The van der Waals surface area contributed by atoms with E-state index in [1.165, 1.54) is 12.3 Å². The highest BCUT2D eigenvalue weighted by molar-refractivity contribution is 5.74. The number of hydrogen-bond acceptors (Lipinski definition) is 5. The molecule has 0 saturated carbocycles. The number of nitrogens with zero attached hydrogens (tertiary/aromatic N) is 6. The summed E-state index contributed by atoms with van der Waals surface area (Å²) in [5, 5.41) is 10.8. The average Bonchev–Trinajstić information content (AvgIpc) is 3.08. The molecule has 1 unspecified atom stereocenters. The molecule has 1 saturated heterocycles. The van der Waals surface area contributed by atoms with Gasteiger partial charge in [-0.25, -0.2) is 14.2 Å². The molecule has 2 aromatic rings. The van der Waals surface area contributed by atoms with Gasteiger partial charge in [0.2, 0.25) is 0 Å². The van der Waals surface area contributed by atoms with Crippen molar-refractivity contribution in [1.29, 1.82) is 0 Å². The Morgan fingerprint density at radius 3 is 2.92 bits per heavy atom. The summed E-state index contributed by atoms with van der Waals surface area (Å²) in [6.45, 7) is 6.98. The van der Waals surface area contributed by atoms with Crippen LogP contribution in [0.1, 0.15) is 19.7 Å². The van der Waals surface area contributed by atoms with E-state index < -0.39 is 0 Å². The molecule has 8 nitrogen and oxygen atoms in total. The summed E-state index contributed by atoms with van der Waals surface area (Å²) in [4.78, 5) is 20.4. The molecule has 9 heteroatoms. The van der Waals surface area contributed by atoms with Gasteiger partial charge >= 0.3 is 6.03 Å². The van der Waals surface area contributed by atoms with E-state index in [1.54, 1.807) is 17.3 Å². The zero-order valence-electron chi connectivity index (χ0n) is 14.4. The second-order valence-electron chi connectivity index (χ2n) is 6.01. The van der Waals surface area contributed by atoms with E-state index >= 15 is 0 Å². The summed E-state index contributed by atoms with van der Waals surface area (Å²) in [5.41, 5.74) is 0. The first-order chi connectivity index (χ1) is 12.1. The Balaban J connectivity index is 1.55. The van der Waals surface area contributed by atoms with Crippen LogP contribution >= 0.6 is 0 Å². The Bertz CT molecular complexity index is 718. The third-order valence-electron chi connectivity index (χ3n) is 4.36. The molecule has 3 rings (SSSR count). The van der Waals surface area contributed by atoms with Gasteiger partial charge in [0.15, 0.2) is 5.82 Å². The first-order valence-electron chi connectivity index (χ1n) is 8.36. The number of rotatable bonds is 4. The van der Waals surface area contributed by atoms with Crippen molar-refractivity contribution >= 4 is 11.8 Å². The van der Waals surface area contributed by atoms with Gasteiger partial charge in [0.25, 0.3) is 0 Å². The topological polar surface area (TPSA) is 79.2 Å². The van der Waals surface area contributed by atoms with Gasteiger partial charge in [-0.2, -0.15) is 0 Å². The molecule has 0 aliphatic carbocycles. The van der Waals surface area contributed by atoms with E-state index in [9.17, 15) is 9.18 Å². The fraction of sp³-hybridized carbons (Fsp3) is 0.500. The molecule has 0 spiro atoms. The van der Waals surface area contributed by atoms with Crippen LogP contribution in [0.4, 0.5) is 15.0 Å². The second-order valence-corrected chi connectivity index (χ2v) is 6.01.